The maximum atomic E-state index is 13.5. The summed E-state index contributed by atoms with van der Waals surface area (Å²) in [6, 6.07) is 33.2. The van der Waals surface area contributed by atoms with Crippen molar-refractivity contribution in [1.82, 2.24) is 4.90 Å². The predicted octanol–water partition coefficient (Wildman–Crippen LogP) is 7.44. The molecule has 1 amide bonds. The standard InChI is InChI=1S/C34H32F3NO4/c35-34(36,37)29-18-16-25(17-19-29)20-30-32(41-23-27-12-6-2-7-13-27)31(40-22-26-10-4-1-5-11-26)21-38(30)33(39)42-24-28-14-8-3-9-15-28/h1-19,30-32H,20-24H2/t30-,31+,32+/m1/s1. The Hall–Kier alpha value is -4.14. The Labute approximate surface area is 243 Å². The molecule has 1 aliphatic rings. The van der Waals surface area contributed by atoms with Crippen molar-refractivity contribution in [3.63, 3.8) is 0 Å². The van der Waals surface area contributed by atoms with E-state index in [9.17, 15) is 18.0 Å². The van der Waals surface area contributed by atoms with Crippen LogP contribution >= 0.6 is 0 Å². The van der Waals surface area contributed by atoms with Gasteiger partial charge < -0.3 is 14.2 Å². The Bertz CT molecular complexity index is 1400. The third kappa shape index (κ3) is 7.78. The van der Waals surface area contributed by atoms with Crippen LogP contribution in [0.5, 0.6) is 0 Å². The van der Waals surface area contributed by atoms with E-state index in [0.29, 0.717) is 12.2 Å². The minimum atomic E-state index is -4.43. The van der Waals surface area contributed by atoms with E-state index < -0.39 is 36.1 Å². The molecule has 0 spiro atoms. The first-order chi connectivity index (χ1) is 20.4. The molecule has 0 aliphatic carbocycles. The maximum absolute atomic E-state index is 13.5. The third-order valence-corrected chi connectivity index (χ3v) is 7.28. The quantitative estimate of drug-likeness (QED) is 0.197. The van der Waals surface area contributed by atoms with Crippen molar-refractivity contribution >= 4 is 6.09 Å². The molecular formula is C34H32F3NO4. The lowest BCUT2D eigenvalue weighted by Crippen LogP contribution is -2.42. The van der Waals surface area contributed by atoms with Gasteiger partial charge in [0.25, 0.3) is 0 Å². The van der Waals surface area contributed by atoms with Gasteiger partial charge in [-0.25, -0.2) is 4.79 Å². The fourth-order valence-electron chi connectivity index (χ4n) is 5.08. The molecule has 8 heteroatoms. The van der Waals surface area contributed by atoms with E-state index in [4.69, 9.17) is 14.2 Å². The number of rotatable bonds is 10. The van der Waals surface area contributed by atoms with Crippen LogP contribution in [0.1, 0.15) is 27.8 Å². The number of ether oxygens (including phenoxy) is 3. The molecule has 1 saturated heterocycles. The van der Waals surface area contributed by atoms with Gasteiger partial charge in [0.15, 0.2) is 0 Å². The molecule has 5 nitrogen and oxygen atoms in total. The van der Waals surface area contributed by atoms with E-state index in [0.717, 1.165) is 28.8 Å². The van der Waals surface area contributed by atoms with Crippen molar-refractivity contribution in [3.8, 4) is 0 Å². The van der Waals surface area contributed by atoms with Crippen molar-refractivity contribution in [2.75, 3.05) is 6.54 Å². The van der Waals surface area contributed by atoms with Crippen LogP contribution in [0.25, 0.3) is 0 Å². The average molecular weight is 576 g/mol. The predicted molar refractivity (Wildman–Crippen MR) is 152 cm³/mol. The van der Waals surface area contributed by atoms with Crippen molar-refractivity contribution < 1.29 is 32.2 Å². The smallest absolute Gasteiger partial charge is 0.416 e. The zero-order chi connectivity index (χ0) is 29.4. The summed E-state index contributed by atoms with van der Waals surface area (Å²) < 4.78 is 58.1. The lowest BCUT2D eigenvalue weighted by atomic mass is 9.99. The SMILES string of the molecule is O=C(OCc1ccccc1)N1C[C@H](OCc2ccccc2)[C@@H](OCc2ccccc2)[C@H]1Cc1ccc(C(F)(F)F)cc1. The molecule has 4 aromatic carbocycles. The van der Waals surface area contributed by atoms with Crippen LogP contribution in [-0.2, 0) is 46.6 Å². The van der Waals surface area contributed by atoms with E-state index >= 15 is 0 Å². The normalized spacial score (nSPS) is 18.6. The summed E-state index contributed by atoms with van der Waals surface area (Å²) in [6.07, 6.45) is -5.74. The molecule has 4 aromatic rings. The van der Waals surface area contributed by atoms with Crippen LogP contribution in [0, 0.1) is 0 Å². The molecule has 42 heavy (non-hydrogen) atoms. The monoisotopic (exact) mass is 575 g/mol. The molecule has 1 fully saturated rings. The second-order valence-electron chi connectivity index (χ2n) is 10.3. The number of likely N-dealkylation sites (tertiary alicyclic amines) is 1. The maximum Gasteiger partial charge on any atom is 0.416 e. The lowest BCUT2D eigenvalue weighted by molar-refractivity contribution is -0.137. The highest BCUT2D eigenvalue weighted by Gasteiger charge is 2.46. The first-order valence-corrected chi connectivity index (χ1v) is 13.8. The number of benzene rings is 4. The van der Waals surface area contributed by atoms with E-state index in [1.165, 1.54) is 12.1 Å². The van der Waals surface area contributed by atoms with Gasteiger partial charge in [0.05, 0.1) is 31.4 Å². The molecular weight excluding hydrogens is 543 g/mol. The first kappa shape index (κ1) is 29.4. The number of alkyl halides is 3. The van der Waals surface area contributed by atoms with Gasteiger partial charge in [0.1, 0.15) is 18.8 Å². The van der Waals surface area contributed by atoms with Gasteiger partial charge in [-0.1, -0.05) is 103 Å². The second-order valence-corrected chi connectivity index (χ2v) is 10.3. The van der Waals surface area contributed by atoms with E-state index in [-0.39, 0.29) is 26.2 Å². The molecule has 0 radical (unpaired) electrons. The average Bonchev–Trinajstić information content (AvgIpc) is 3.36. The van der Waals surface area contributed by atoms with E-state index in [2.05, 4.69) is 0 Å². The number of amides is 1. The molecule has 0 saturated carbocycles. The fraction of sp³-hybridized carbons (Fsp3) is 0.265. The molecule has 5 rings (SSSR count). The highest BCUT2D eigenvalue weighted by molar-refractivity contribution is 5.69. The van der Waals surface area contributed by atoms with Gasteiger partial charge in [-0.3, -0.25) is 4.90 Å². The van der Waals surface area contributed by atoms with Gasteiger partial charge >= 0.3 is 12.3 Å². The van der Waals surface area contributed by atoms with Crippen molar-refractivity contribution in [3.05, 3.63) is 143 Å². The summed E-state index contributed by atoms with van der Waals surface area (Å²) in [5.41, 5.74) is 2.70. The summed E-state index contributed by atoms with van der Waals surface area (Å²) in [5, 5.41) is 0. The number of carbonyl (C=O) groups is 1. The fourth-order valence-corrected chi connectivity index (χ4v) is 5.08. The minimum Gasteiger partial charge on any atom is -0.445 e. The van der Waals surface area contributed by atoms with Gasteiger partial charge in [-0.05, 0) is 40.8 Å². The number of halogens is 3. The van der Waals surface area contributed by atoms with Crippen LogP contribution in [-0.4, -0.2) is 35.8 Å². The summed E-state index contributed by atoms with van der Waals surface area (Å²) in [5.74, 6) is 0. The van der Waals surface area contributed by atoms with Gasteiger partial charge in [0, 0.05) is 0 Å². The second kappa shape index (κ2) is 13.7. The van der Waals surface area contributed by atoms with E-state index in [1.807, 2.05) is 91.0 Å². The Balaban J connectivity index is 1.40. The van der Waals surface area contributed by atoms with Crippen LogP contribution in [0.2, 0.25) is 0 Å². The van der Waals surface area contributed by atoms with E-state index in [1.54, 1.807) is 4.90 Å². The minimum absolute atomic E-state index is 0.0915. The molecule has 0 bridgehead atoms. The van der Waals surface area contributed by atoms with Crippen LogP contribution in [0.3, 0.4) is 0 Å². The summed E-state index contributed by atoms with van der Waals surface area (Å²) in [7, 11) is 0. The zero-order valence-corrected chi connectivity index (χ0v) is 23.0. The molecule has 0 unspecified atom stereocenters. The summed E-state index contributed by atoms with van der Waals surface area (Å²) in [6.45, 7) is 0.906. The van der Waals surface area contributed by atoms with Crippen LogP contribution in [0.15, 0.2) is 115 Å². The van der Waals surface area contributed by atoms with Crippen LogP contribution < -0.4 is 0 Å². The van der Waals surface area contributed by atoms with Gasteiger partial charge in [-0.2, -0.15) is 13.2 Å². The molecule has 218 valence electrons. The van der Waals surface area contributed by atoms with Crippen molar-refractivity contribution in [2.24, 2.45) is 0 Å². The number of nitrogens with zero attached hydrogens (tertiary/aromatic N) is 1. The summed E-state index contributed by atoms with van der Waals surface area (Å²) in [4.78, 5) is 15.1. The number of hydrogen-bond acceptors (Lipinski definition) is 4. The molecule has 1 heterocycles. The summed E-state index contributed by atoms with van der Waals surface area (Å²) >= 11 is 0. The Morgan fingerprint density at radius 1 is 0.667 bits per heavy atom. The van der Waals surface area contributed by atoms with Crippen LogP contribution in [0.4, 0.5) is 18.0 Å². The van der Waals surface area contributed by atoms with Gasteiger partial charge in [-0.15, -0.1) is 0 Å². The topological polar surface area (TPSA) is 48.0 Å². The van der Waals surface area contributed by atoms with Crippen molar-refractivity contribution in [1.29, 1.82) is 0 Å². The number of hydrogen-bond donors (Lipinski definition) is 0. The molecule has 1 aliphatic heterocycles. The largest absolute Gasteiger partial charge is 0.445 e. The molecule has 3 atom stereocenters. The highest BCUT2D eigenvalue weighted by atomic mass is 19.4. The Morgan fingerprint density at radius 3 is 1.69 bits per heavy atom. The highest BCUT2D eigenvalue weighted by Crippen LogP contribution is 2.32. The zero-order valence-electron chi connectivity index (χ0n) is 23.0. The van der Waals surface area contributed by atoms with Gasteiger partial charge in [0.2, 0.25) is 0 Å². The molecule has 0 aromatic heterocycles. The third-order valence-electron chi connectivity index (χ3n) is 7.28. The molecule has 0 N–H and O–H groups in total. The lowest BCUT2D eigenvalue weighted by Gasteiger charge is -2.28. The number of carbonyl (C=O) groups excluding carboxylic acids is 1. The Morgan fingerprint density at radius 2 is 1.17 bits per heavy atom. The van der Waals surface area contributed by atoms with Crippen molar-refractivity contribution in [2.45, 2.75) is 50.7 Å². The Kier molecular flexibility index (Phi) is 9.56. The first-order valence-electron chi connectivity index (χ1n) is 13.8.